The maximum absolute atomic E-state index is 13.1. The van der Waals surface area contributed by atoms with Crippen LogP contribution in [0.3, 0.4) is 0 Å². The van der Waals surface area contributed by atoms with Gasteiger partial charge in [-0.25, -0.2) is 4.79 Å². The maximum Gasteiger partial charge on any atom is 0.320 e. The van der Waals surface area contributed by atoms with Gasteiger partial charge in [0.05, 0.1) is 12.2 Å². The summed E-state index contributed by atoms with van der Waals surface area (Å²) in [6, 6.07) is 13.2. The van der Waals surface area contributed by atoms with Gasteiger partial charge in [-0.15, -0.1) is 0 Å². The number of piperidine rings is 1. The molecule has 2 aromatic rings. The standard InChI is InChI=1S/C24H29N3O4/c28-20-13-18(14-21(29)15-20)16-25-9-11-27(12-10-25)23(30)26-7-5-24(6-8-26)22-4-2-1-3-19(22)17-31-24/h1-4,13-15,28-29H,5-12,16-17H2. The van der Waals surface area contributed by atoms with Crippen molar-refractivity contribution in [2.45, 2.75) is 31.6 Å². The normalized spacial score (nSPS) is 20.8. The Bertz CT molecular complexity index is 943. The highest BCUT2D eigenvalue weighted by Crippen LogP contribution is 2.44. The third-order valence-electron chi connectivity index (χ3n) is 6.87. The van der Waals surface area contributed by atoms with Gasteiger partial charge in [0, 0.05) is 51.9 Å². The first-order valence-corrected chi connectivity index (χ1v) is 11.0. The molecule has 5 rings (SSSR count). The Morgan fingerprint density at radius 1 is 0.903 bits per heavy atom. The fraction of sp³-hybridized carbons (Fsp3) is 0.458. The van der Waals surface area contributed by atoms with Gasteiger partial charge in [0.2, 0.25) is 0 Å². The molecule has 2 aromatic carbocycles. The average Bonchev–Trinajstić information content (AvgIpc) is 3.12. The van der Waals surface area contributed by atoms with Crippen LogP contribution < -0.4 is 0 Å². The predicted octanol–water partition coefficient (Wildman–Crippen LogP) is 2.86. The number of nitrogens with zero attached hydrogens (tertiary/aromatic N) is 3. The first kappa shape index (κ1) is 20.2. The van der Waals surface area contributed by atoms with E-state index in [1.807, 2.05) is 9.80 Å². The molecular weight excluding hydrogens is 394 g/mol. The molecule has 2 fully saturated rings. The van der Waals surface area contributed by atoms with Gasteiger partial charge in [-0.05, 0) is 41.7 Å². The van der Waals surface area contributed by atoms with Crippen molar-refractivity contribution >= 4 is 6.03 Å². The smallest absolute Gasteiger partial charge is 0.320 e. The number of amides is 2. The molecule has 0 saturated carbocycles. The minimum absolute atomic E-state index is 0.0700. The Kier molecular flexibility index (Phi) is 5.24. The van der Waals surface area contributed by atoms with Crippen LogP contribution in [0.25, 0.3) is 0 Å². The van der Waals surface area contributed by atoms with Crippen LogP contribution in [0.15, 0.2) is 42.5 Å². The Morgan fingerprint density at radius 2 is 1.55 bits per heavy atom. The first-order valence-electron chi connectivity index (χ1n) is 11.0. The SMILES string of the molecule is O=C(N1CCN(Cc2cc(O)cc(O)c2)CC1)N1CCC2(CC1)OCc1ccccc12. The minimum Gasteiger partial charge on any atom is -0.508 e. The summed E-state index contributed by atoms with van der Waals surface area (Å²) in [5.41, 5.74) is 3.22. The third-order valence-corrected chi connectivity index (χ3v) is 6.87. The van der Waals surface area contributed by atoms with E-state index in [1.165, 1.54) is 17.2 Å². The van der Waals surface area contributed by atoms with Crippen LogP contribution in [0.1, 0.15) is 29.5 Å². The molecule has 3 aliphatic heterocycles. The first-order chi connectivity index (χ1) is 15.0. The van der Waals surface area contributed by atoms with E-state index < -0.39 is 0 Å². The fourth-order valence-corrected chi connectivity index (χ4v) is 5.16. The molecule has 0 atom stereocenters. The summed E-state index contributed by atoms with van der Waals surface area (Å²) >= 11 is 0. The molecule has 7 nitrogen and oxygen atoms in total. The number of hydrogen-bond donors (Lipinski definition) is 2. The van der Waals surface area contributed by atoms with Crippen molar-refractivity contribution in [1.29, 1.82) is 0 Å². The molecule has 0 radical (unpaired) electrons. The van der Waals surface area contributed by atoms with Crippen molar-refractivity contribution in [3.63, 3.8) is 0 Å². The number of piperazine rings is 1. The van der Waals surface area contributed by atoms with Crippen LogP contribution in [-0.4, -0.2) is 70.2 Å². The van der Waals surface area contributed by atoms with E-state index in [1.54, 1.807) is 12.1 Å². The predicted molar refractivity (Wildman–Crippen MR) is 116 cm³/mol. The maximum atomic E-state index is 13.1. The highest BCUT2D eigenvalue weighted by molar-refractivity contribution is 5.74. The largest absolute Gasteiger partial charge is 0.508 e. The Balaban J connectivity index is 1.14. The van der Waals surface area contributed by atoms with Crippen LogP contribution in [0.4, 0.5) is 4.79 Å². The van der Waals surface area contributed by atoms with Crippen molar-refractivity contribution in [3.05, 3.63) is 59.2 Å². The van der Waals surface area contributed by atoms with Crippen molar-refractivity contribution in [2.24, 2.45) is 0 Å². The third kappa shape index (κ3) is 3.95. The van der Waals surface area contributed by atoms with E-state index in [4.69, 9.17) is 4.74 Å². The lowest BCUT2D eigenvalue weighted by atomic mass is 9.84. The zero-order chi connectivity index (χ0) is 21.4. The summed E-state index contributed by atoms with van der Waals surface area (Å²) in [5.74, 6) is 0.140. The molecular formula is C24H29N3O4. The second kappa shape index (κ2) is 8.05. The number of ether oxygens (including phenoxy) is 1. The van der Waals surface area contributed by atoms with Crippen LogP contribution in [0.2, 0.25) is 0 Å². The van der Waals surface area contributed by atoms with E-state index in [0.29, 0.717) is 26.2 Å². The van der Waals surface area contributed by atoms with Gasteiger partial charge in [-0.3, -0.25) is 4.90 Å². The quantitative estimate of drug-likeness (QED) is 0.777. The topological polar surface area (TPSA) is 76.5 Å². The molecule has 31 heavy (non-hydrogen) atoms. The molecule has 0 aliphatic carbocycles. The summed E-state index contributed by atoms with van der Waals surface area (Å²) in [6.45, 7) is 5.67. The molecule has 3 heterocycles. The summed E-state index contributed by atoms with van der Waals surface area (Å²) in [4.78, 5) is 19.2. The zero-order valence-electron chi connectivity index (χ0n) is 17.7. The number of aromatic hydroxyl groups is 2. The lowest BCUT2D eigenvalue weighted by Gasteiger charge is -2.42. The van der Waals surface area contributed by atoms with E-state index >= 15 is 0 Å². The molecule has 2 N–H and O–H groups in total. The lowest BCUT2D eigenvalue weighted by Crippen LogP contribution is -2.55. The number of fused-ring (bicyclic) bond motifs is 2. The number of phenols is 2. The molecule has 164 valence electrons. The van der Waals surface area contributed by atoms with Gasteiger partial charge < -0.3 is 24.7 Å². The molecule has 0 bridgehead atoms. The number of benzene rings is 2. The van der Waals surface area contributed by atoms with Gasteiger partial charge in [-0.2, -0.15) is 0 Å². The Hall–Kier alpha value is -2.77. The van der Waals surface area contributed by atoms with Gasteiger partial charge in [-0.1, -0.05) is 24.3 Å². The molecule has 0 aromatic heterocycles. The Labute approximate surface area is 182 Å². The monoisotopic (exact) mass is 423 g/mol. The van der Waals surface area contributed by atoms with Crippen molar-refractivity contribution in [2.75, 3.05) is 39.3 Å². The van der Waals surface area contributed by atoms with Crippen molar-refractivity contribution in [1.82, 2.24) is 14.7 Å². The summed E-state index contributed by atoms with van der Waals surface area (Å²) in [6.07, 6.45) is 1.69. The molecule has 2 saturated heterocycles. The zero-order valence-corrected chi connectivity index (χ0v) is 17.7. The van der Waals surface area contributed by atoms with E-state index in [-0.39, 0.29) is 23.1 Å². The van der Waals surface area contributed by atoms with Gasteiger partial charge in [0.1, 0.15) is 11.5 Å². The number of urea groups is 1. The van der Waals surface area contributed by atoms with Crippen LogP contribution in [0, 0.1) is 0 Å². The second-order valence-corrected chi connectivity index (χ2v) is 8.83. The van der Waals surface area contributed by atoms with Crippen LogP contribution in [0.5, 0.6) is 11.5 Å². The molecule has 0 unspecified atom stereocenters. The van der Waals surface area contributed by atoms with Gasteiger partial charge >= 0.3 is 6.03 Å². The summed E-state index contributed by atoms with van der Waals surface area (Å²) < 4.78 is 6.22. The number of likely N-dealkylation sites (tertiary alicyclic amines) is 1. The van der Waals surface area contributed by atoms with E-state index in [0.717, 1.165) is 44.6 Å². The molecule has 7 heteroatoms. The fourth-order valence-electron chi connectivity index (χ4n) is 5.16. The number of carbonyl (C=O) groups excluding carboxylic acids is 1. The summed E-state index contributed by atoms with van der Waals surface area (Å²) in [7, 11) is 0. The lowest BCUT2D eigenvalue weighted by molar-refractivity contribution is -0.0745. The second-order valence-electron chi connectivity index (χ2n) is 8.83. The van der Waals surface area contributed by atoms with Crippen LogP contribution >= 0.6 is 0 Å². The van der Waals surface area contributed by atoms with Crippen LogP contribution in [-0.2, 0) is 23.5 Å². The number of phenolic OH excluding ortho intramolecular Hbond substituents is 2. The number of rotatable bonds is 2. The van der Waals surface area contributed by atoms with Gasteiger partial charge in [0.15, 0.2) is 0 Å². The highest BCUT2D eigenvalue weighted by atomic mass is 16.5. The van der Waals surface area contributed by atoms with E-state index in [2.05, 4.69) is 29.2 Å². The molecule has 2 amide bonds. The minimum atomic E-state index is -0.223. The highest BCUT2D eigenvalue weighted by Gasteiger charge is 2.43. The average molecular weight is 424 g/mol. The number of carbonyl (C=O) groups is 1. The van der Waals surface area contributed by atoms with Crippen molar-refractivity contribution in [3.8, 4) is 11.5 Å². The van der Waals surface area contributed by atoms with Crippen molar-refractivity contribution < 1.29 is 19.7 Å². The number of hydrogen-bond acceptors (Lipinski definition) is 5. The summed E-state index contributed by atoms with van der Waals surface area (Å²) in [5, 5.41) is 19.3. The van der Waals surface area contributed by atoms with E-state index in [9.17, 15) is 15.0 Å². The molecule has 1 spiro atoms. The van der Waals surface area contributed by atoms with Gasteiger partial charge in [0.25, 0.3) is 0 Å². The molecule has 3 aliphatic rings. The Morgan fingerprint density at radius 3 is 2.26 bits per heavy atom.